The number of carboxylic acids is 1. The Labute approximate surface area is 178 Å². The predicted octanol–water partition coefficient (Wildman–Crippen LogP) is 4.54. The van der Waals surface area contributed by atoms with Gasteiger partial charge >= 0.3 is 12.1 Å². The largest absolute Gasteiger partial charge is 0.487 e. The maximum Gasteiger partial charge on any atom is 0.410 e. The molecule has 1 aliphatic heterocycles. The minimum Gasteiger partial charge on any atom is -0.487 e. The molecule has 0 saturated carbocycles. The quantitative estimate of drug-likeness (QED) is 0.757. The number of piperidine rings is 1. The highest BCUT2D eigenvalue weighted by Gasteiger charge is 2.35. The molecule has 162 valence electrons. The molecule has 30 heavy (non-hydrogen) atoms. The van der Waals surface area contributed by atoms with Gasteiger partial charge in [0.05, 0.1) is 12.1 Å². The number of carbonyl (C=O) groups is 2. The van der Waals surface area contributed by atoms with E-state index < -0.39 is 29.9 Å². The van der Waals surface area contributed by atoms with Crippen molar-refractivity contribution in [1.82, 2.24) is 9.88 Å². The minimum absolute atomic E-state index is 0.0388. The first-order chi connectivity index (χ1) is 14.0. The molecule has 9 heteroatoms. The van der Waals surface area contributed by atoms with Crippen molar-refractivity contribution in [3.8, 4) is 16.3 Å². The van der Waals surface area contributed by atoms with Gasteiger partial charge in [-0.15, -0.1) is 11.3 Å². The molecule has 2 unspecified atom stereocenters. The Bertz CT molecular complexity index is 940. The third kappa shape index (κ3) is 5.47. The van der Waals surface area contributed by atoms with E-state index in [0.717, 1.165) is 4.88 Å². The summed E-state index contributed by atoms with van der Waals surface area (Å²) in [6, 6.07) is 4.56. The number of carboxylic acid groups (broad SMARTS) is 1. The first-order valence-corrected chi connectivity index (χ1v) is 10.4. The van der Waals surface area contributed by atoms with Crippen molar-refractivity contribution in [2.24, 2.45) is 0 Å². The summed E-state index contributed by atoms with van der Waals surface area (Å²) >= 11 is 1.43. The minimum atomic E-state index is -1.43. The molecule has 1 aromatic carbocycles. The van der Waals surface area contributed by atoms with Crippen LogP contribution in [0.1, 0.15) is 42.4 Å². The summed E-state index contributed by atoms with van der Waals surface area (Å²) in [6.45, 7) is 7.32. The summed E-state index contributed by atoms with van der Waals surface area (Å²) < 4.78 is 25.9. The highest BCUT2D eigenvalue weighted by Crippen LogP contribution is 2.31. The van der Waals surface area contributed by atoms with Crippen molar-refractivity contribution in [1.29, 1.82) is 0 Å². The molecule has 1 amide bonds. The Hall–Kier alpha value is -2.68. The Balaban J connectivity index is 1.74. The SMILES string of the molecule is Cc1cnc(-c2cc(OC3CCN(C(=O)OC(C)(C)C)CC3F)cc(C(=O)O)c2)s1. The average molecular weight is 437 g/mol. The van der Waals surface area contributed by atoms with Gasteiger partial charge in [-0.2, -0.15) is 0 Å². The van der Waals surface area contributed by atoms with E-state index in [4.69, 9.17) is 9.47 Å². The van der Waals surface area contributed by atoms with Gasteiger partial charge in [-0.3, -0.25) is 0 Å². The van der Waals surface area contributed by atoms with Gasteiger partial charge in [-0.25, -0.2) is 19.0 Å². The van der Waals surface area contributed by atoms with Gasteiger partial charge in [-0.05, 0) is 45.9 Å². The van der Waals surface area contributed by atoms with Crippen molar-refractivity contribution in [3.63, 3.8) is 0 Å². The normalized spacial score (nSPS) is 19.4. The fourth-order valence-electron chi connectivity index (χ4n) is 3.09. The highest BCUT2D eigenvalue weighted by molar-refractivity contribution is 7.14. The second-order valence-electron chi connectivity index (χ2n) is 8.21. The molecule has 0 spiro atoms. The number of carbonyl (C=O) groups excluding carboxylic acids is 1. The number of hydrogen-bond donors (Lipinski definition) is 1. The number of nitrogens with zero attached hydrogens (tertiary/aromatic N) is 2. The number of halogens is 1. The molecule has 3 rings (SSSR count). The third-order valence-corrected chi connectivity index (χ3v) is 5.40. The van der Waals surface area contributed by atoms with Gasteiger partial charge in [0.2, 0.25) is 0 Å². The number of ether oxygens (including phenoxy) is 2. The number of thiazole rings is 1. The van der Waals surface area contributed by atoms with Crippen LogP contribution in [0.3, 0.4) is 0 Å². The molecule has 1 aliphatic rings. The molecule has 1 fully saturated rings. The Morgan fingerprint density at radius 2 is 2.03 bits per heavy atom. The zero-order valence-corrected chi connectivity index (χ0v) is 18.2. The maximum atomic E-state index is 14.8. The van der Waals surface area contributed by atoms with Crippen LogP contribution in [0.15, 0.2) is 24.4 Å². The van der Waals surface area contributed by atoms with Crippen LogP contribution in [-0.2, 0) is 4.74 Å². The van der Waals surface area contributed by atoms with Crippen molar-refractivity contribution in [2.45, 2.75) is 52.0 Å². The number of aryl methyl sites for hydroxylation is 1. The summed E-state index contributed by atoms with van der Waals surface area (Å²) in [6.07, 6.45) is -0.803. The van der Waals surface area contributed by atoms with Gasteiger partial charge in [0.15, 0.2) is 6.17 Å². The molecule has 2 aromatic rings. The summed E-state index contributed by atoms with van der Waals surface area (Å²) in [5.74, 6) is -0.845. The fraction of sp³-hybridized carbons (Fsp3) is 0.476. The van der Waals surface area contributed by atoms with Crippen molar-refractivity contribution in [2.75, 3.05) is 13.1 Å². The zero-order chi connectivity index (χ0) is 22.1. The first kappa shape index (κ1) is 22.0. The lowest BCUT2D eigenvalue weighted by atomic mass is 10.1. The molecular formula is C21H25FN2O5S. The van der Waals surface area contributed by atoms with Crippen molar-refractivity contribution in [3.05, 3.63) is 34.8 Å². The number of benzene rings is 1. The molecule has 2 heterocycles. The van der Waals surface area contributed by atoms with Crippen LogP contribution >= 0.6 is 11.3 Å². The number of likely N-dealkylation sites (tertiary alicyclic amines) is 1. The van der Waals surface area contributed by atoms with E-state index in [0.29, 0.717) is 10.6 Å². The lowest BCUT2D eigenvalue weighted by Gasteiger charge is -2.35. The number of aromatic nitrogens is 1. The van der Waals surface area contributed by atoms with Crippen LogP contribution in [0.5, 0.6) is 5.75 Å². The van der Waals surface area contributed by atoms with Gasteiger partial charge in [0.25, 0.3) is 0 Å². The maximum absolute atomic E-state index is 14.8. The topological polar surface area (TPSA) is 89.0 Å². The number of alkyl halides is 1. The van der Waals surface area contributed by atoms with Crippen molar-refractivity contribution >= 4 is 23.4 Å². The third-order valence-electron chi connectivity index (χ3n) is 4.44. The van der Waals surface area contributed by atoms with E-state index in [1.54, 1.807) is 33.0 Å². The van der Waals surface area contributed by atoms with Crippen LogP contribution in [0.2, 0.25) is 0 Å². The summed E-state index contributed by atoms with van der Waals surface area (Å²) in [7, 11) is 0. The van der Waals surface area contributed by atoms with E-state index in [1.807, 2.05) is 6.92 Å². The smallest absolute Gasteiger partial charge is 0.410 e. The number of rotatable bonds is 4. The van der Waals surface area contributed by atoms with Gasteiger partial charge < -0.3 is 19.5 Å². The molecule has 1 aromatic heterocycles. The summed E-state index contributed by atoms with van der Waals surface area (Å²) in [5, 5.41) is 10.1. The molecule has 7 nitrogen and oxygen atoms in total. The lowest BCUT2D eigenvalue weighted by molar-refractivity contribution is -0.0105. The lowest BCUT2D eigenvalue weighted by Crippen LogP contribution is -2.50. The van der Waals surface area contributed by atoms with Gasteiger partial charge in [-0.1, -0.05) is 0 Å². The first-order valence-electron chi connectivity index (χ1n) is 9.61. The monoisotopic (exact) mass is 436 g/mol. The number of aromatic carboxylic acids is 1. The summed E-state index contributed by atoms with van der Waals surface area (Å²) in [5.41, 5.74) is -0.0143. The Kier molecular flexibility index (Phi) is 6.30. The van der Waals surface area contributed by atoms with Crippen LogP contribution in [0.4, 0.5) is 9.18 Å². The number of hydrogen-bond acceptors (Lipinski definition) is 6. The van der Waals surface area contributed by atoms with Crippen LogP contribution in [-0.4, -0.2) is 58.0 Å². The van der Waals surface area contributed by atoms with E-state index in [-0.39, 0.29) is 30.8 Å². The molecule has 0 bridgehead atoms. The van der Waals surface area contributed by atoms with Gasteiger partial charge in [0, 0.05) is 29.6 Å². The van der Waals surface area contributed by atoms with Crippen LogP contribution in [0.25, 0.3) is 10.6 Å². The molecule has 1 saturated heterocycles. The van der Waals surface area contributed by atoms with Gasteiger partial charge in [0.1, 0.15) is 22.5 Å². The van der Waals surface area contributed by atoms with E-state index in [2.05, 4.69) is 4.98 Å². The molecule has 1 N–H and O–H groups in total. The van der Waals surface area contributed by atoms with E-state index in [1.165, 1.54) is 28.4 Å². The fourth-order valence-corrected chi connectivity index (χ4v) is 3.84. The Morgan fingerprint density at radius 1 is 1.30 bits per heavy atom. The van der Waals surface area contributed by atoms with Crippen LogP contribution < -0.4 is 4.74 Å². The molecule has 0 aliphatic carbocycles. The Morgan fingerprint density at radius 3 is 2.60 bits per heavy atom. The second kappa shape index (κ2) is 8.59. The second-order valence-corrected chi connectivity index (χ2v) is 9.45. The average Bonchev–Trinajstić information content (AvgIpc) is 3.08. The van der Waals surface area contributed by atoms with Crippen molar-refractivity contribution < 1.29 is 28.6 Å². The molecular weight excluding hydrogens is 411 g/mol. The number of amides is 1. The van der Waals surface area contributed by atoms with E-state index >= 15 is 0 Å². The highest BCUT2D eigenvalue weighted by atomic mass is 32.1. The van der Waals surface area contributed by atoms with E-state index in [9.17, 15) is 19.1 Å². The summed E-state index contributed by atoms with van der Waals surface area (Å²) in [4.78, 5) is 30.3. The predicted molar refractivity (Wildman–Crippen MR) is 111 cm³/mol. The van der Waals surface area contributed by atoms with Crippen LogP contribution in [0, 0.1) is 6.92 Å². The zero-order valence-electron chi connectivity index (χ0n) is 17.3. The standard InChI is InChI=1S/C21H25FN2O5S/c1-12-10-23-18(30-12)13-7-14(19(25)26)9-15(8-13)28-17-5-6-24(11-16(17)22)20(27)29-21(2,3)4/h7-10,16-17H,5-6,11H2,1-4H3,(H,25,26). The molecule has 0 radical (unpaired) electrons. The molecule has 2 atom stereocenters.